The Bertz CT molecular complexity index is 81.3. The van der Waals surface area contributed by atoms with Crippen molar-refractivity contribution < 1.29 is 4.74 Å². The van der Waals surface area contributed by atoms with Crippen LogP contribution >= 0.6 is 0 Å². The van der Waals surface area contributed by atoms with Crippen molar-refractivity contribution in [3.63, 3.8) is 0 Å². The van der Waals surface area contributed by atoms with Gasteiger partial charge in [-0.2, -0.15) is 0 Å². The molecule has 0 saturated heterocycles. The molecular formula is C8H17NO. The summed E-state index contributed by atoms with van der Waals surface area (Å²) in [6.45, 7) is 2.84. The fraction of sp³-hybridized carbons (Fsp3) is 0.875. The van der Waals surface area contributed by atoms with Gasteiger partial charge in [0, 0.05) is 19.2 Å². The highest BCUT2D eigenvalue weighted by Gasteiger charge is 1.94. The average molecular weight is 143 g/mol. The van der Waals surface area contributed by atoms with Crippen LogP contribution in [0.25, 0.3) is 0 Å². The predicted molar refractivity (Wildman–Crippen MR) is 43.7 cm³/mol. The van der Waals surface area contributed by atoms with E-state index >= 15 is 0 Å². The van der Waals surface area contributed by atoms with Gasteiger partial charge >= 0.3 is 0 Å². The molecule has 0 aliphatic heterocycles. The van der Waals surface area contributed by atoms with Crippen LogP contribution in [0.3, 0.4) is 0 Å². The number of nitrogens with one attached hydrogen (secondary N) is 1. The molecule has 60 valence electrons. The predicted octanol–water partition coefficient (Wildman–Crippen LogP) is 2.23. The molecule has 0 aromatic carbocycles. The molecule has 0 amide bonds. The number of unbranched alkanes of at least 4 members (excludes halogenated alkanes) is 1. The first-order chi connectivity index (χ1) is 4.81. The maximum absolute atomic E-state index is 7.42. The molecule has 0 bridgehead atoms. The van der Waals surface area contributed by atoms with Crippen molar-refractivity contribution in [1.29, 1.82) is 5.41 Å². The summed E-state index contributed by atoms with van der Waals surface area (Å²) in [4.78, 5) is 0. The quantitative estimate of drug-likeness (QED) is 0.568. The molecule has 0 aromatic heterocycles. The Kier molecular flexibility index (Phi) is 6.50. The fourth-order valence-electron chi connectivity index (χ4n) is 0.740. The Morgan fingerprint density at radius 1 is 1.40 bits per heavy atom. The third kappa shape index (κ3) is 5.76. The number of methoxy groups -OCH3 is 1. The van der Waals surface area contributed by atoms with Crippen LogP contribution in [0.1, 0.15) is 32.6 Å². The third-order valence-electron chi connectivity index (χ3n) is 1.44. The van der Waals surface area contributed by atoms with Gasteiger partial charge < -0.3 is 10.1 Å². The van der Waals surface area contributed by atoms with E-state index in [1.165, 1.54) is 6.42 Å². The van der Waals surface area contributed by atoms with Crippen molar-refractivity contribution >= 4 is 5.71 Å². The molecule has 0 unspecified atom stereocenters. The molecular weight excluding hydrogens is 126 g/mol. The largest absolute Gasteiger partial charge is 0.384 e. The third-order valence-corrected chi connectivity index (χ3v) is 1.44. The minimum atomic E-state index is 0.697. The number of hydrogen-bond donors (Lipinski definition) is 1. The van der Waals surface area contributed by atoms with Gasteiger partial charge in [-0.1, -0.05) is 13.3 Å². The zero-order chi connectivity index (χ0) is 7.82. The van der Waals surface area contributed by atoms with Crippen molar-refractivity contribution in [3.05, 3.63) is 0 Å². The molecule has 0 heterocycles. The van der Waals surface area contributed by atoms with Gasteiger partial charge in [0.25, 0.3) is 0 Å². The van der Waals surface area contributed by atoms with Crippen molar-refractivity contribution in [1.82, 2.24) is 0 Å². The second-order valence-corrected chi connectivity index (χ2v) is 2.45. The van der Waals surface area contributed by atoms with E-state index < -0.39 is 0 Å². The lowest BCUT2D eigenvalue weighted by Crippen LogP contribution is -2.00. The van der Waals surface area contributed by atoms with Gasteiger partial charge in [0.15, 0.2) is 0 Å². The topological polar surface area (TPSA) is 33.1 Å². The average Bonchev–Trinajstić information content (AvgIpc) is 1.97. The molecule has 2 heteroatoms. The molecule has 10 heavy (non-hydrogen) atoms. The minimum Gasteiger partial charge on any atom is -0.384 e. The highest BCUT2D eigenvalue weighted by atomic mass is 16.5. The number of hydrogen-bond acceptors (Lipinski definition) is 2. The molecule has 0 fully saturated rings. The molecule has 0 rings (SSSR count). The summed E-state index contributed by atoms with van der Waals surface area (Å²) in [6, 6.07) is 0. The van der Waals surface area contributed by atoms with E-state index in [1.54, 1.807) is 7.11 Å². The standard InChI is InChI=1S/C8H17NO/c1-3-4-5-8(9)6-7-10-2/h9H,3-7H2,1-2H3. The summed E-state index contributed by atoms with van der Waals surface area (Å²) in [5, 5.41) is 7.42. The van der Waals surface area contributed by atoms with Crippen LogP contribution in [0.4, 0.5) is 0 Å². The van der Waals surface area contributed by atoms with Crippen molar-refractivity contribution in [2.75, 3.05) is 13.7 Å². The second-order valence-electron chi connectivity index (χ2n) is 2.45. The smallest absolute Gasteiger partial charge is 0.0514 e. The van der Waals surface area contributed by atoms with Crippen LogP contribution in [0.2, 0.25) is 0 Å². The van der Waals surface area contributed by atoms with Crippen LogP contribution in [0, 0.1) is 5.41 Å². The van der Waals surface area contributed by atoms with E-state index in [1.807, 2.05) is 0 Å². The molecule has 0 aromatic rings. The zero-order valence-corrected chi connectivity index (χ0v) is 6.94. The van der Waals surface area contributed by atoms with E-state index in [0.29, 0.717) is 6.61 Å². The number of rotatable bonds is 6. The summed E-state index contributed by atoms with van der Waals surface area (Å²) >= 11 is 0. The van der Waals surface area contributed by atoms with Gasteiger partial charge in [-0.15, -0.1) is 0 Å². The van der Waals surface area contributed by atoms with E-state index in [9.17, 15) is 0 Å². The Morgan fingerprint density at radius 3 is 2.60 bits per heavy atom. The lowest BCUT2D eigenvalue weighted by molar-refractivity contribution is 0.207. The molecule has 0 aliphatic carbocycles. The summed E-state index contributed by atoms with van der Waals surface area (Å²) < 4.78 is 4.85. The van der Waals surface area contributed by atoms with Gasteiger partial charge in [0.05, 0.1) is 6.61 Å². The Balaban J connectivity index is 3.09. The fourth-order valence-corrected chi connectivity index (χ4v) is 0.740. The molecule has 0 radical (unpaired) electrons. The van der Waals surface area contributed by atoms with E-state index in [0.717, 1.165) is 25.0 Å². The van der Waals surface area contributed by atoms with Crippen LogP contribution in [-0.4, -0.2) is 19.4 Å². The summed E-state index contributed by atoms with van der Waals surface area (Å²) in [5.74, 6) is 0. The van der Waals surface area contributed by atoms with Crippen molar-refractivity contribution in [2.24, 2.45) is 0 Å². The lowest BCUT2D eigenvalue weighted by atomic mass is 10.1. The number of ether oxygens (including phenoxy) is 1. The molecule has 0 spiro atoms. The zero-order valence-electron chi connectivity index (χ0n) is 6.94. The lowest BCUT2D eigenvalue weighted by Gasteiger charge is -2.00. The SMILES string of the molecule is CCCCC(=N)CCOC. The maximum atomic E-state index is 7.42. The van der Waals surface area contributed by atoms with E-state index in [-0.39, 0.29) is 0 Å². The first kappa shape index (κ1) is 9.63. The normalized spacial score (nSPS) is 9.80. The monoisotopic (exact) mass is 143 g/mol. The minimum absolute atomic E-state index is 0.697. The first-order valence-corrected chi connectivity index (χ1v) is 3.86. The molecule has 0 aliphatic rings. The van der Waals surface area contributed by atoms with Gasteiger partial charge in [-0.25, -0.2) is 0 Å². The van der Waals surface area contributed by atoms with Crippen LogP contribution in [-0.2, 0) is 4.74 Å². The Labute approximate surface area is 63.1 Å². The molecule has 2 nitrogen and oxygen atoms in total. The summed E-state index contributed by atoms with van der Waals surface area (Å²) in [6.07, 6.45) is 4.06. The van der Waals surface area contributed by atoms with Crippen LogP contribution in [0.5, 0.6) is 0 Å². The van der Waals surface area contributed by atoms with Gasteiger partial charge in [0.2, 0.25) is 0 Å². The van der Waals surface area contributed by atoms with Crippen molar-refractivity contribution in [2.45, 2.75) is 32.6 Å². The van der Waals surface area contributed by atoms with E-state index in [2.05, 4.69) is 6.92 Å². The summed E-state index contributed by atoms with van der Waals surface area (Å²) in [5.41, 5.74) is 0.823. The molecule has 1 N–H and O–H groups in total. The maximum Gasteiger partial charge on any atom is 0.0514 e. The summed E-state index contributed by atoms with van der Waals surface area (Å²) in [7, 11) is 1.67. The van der Waals surface area contributed by atoms with E-state index in [4.69, 9.17) is 10.1 Å². The second kappa shape index (κ2) is 6.75. The van der Waals surface area contributed by atoms with Gasteiger partial charge in [-0.05, 0) is 12.8 Å². The molecule has 0 saturated carbocycles. The Hall–Kier alpha value is -0.370. The molecule has 0 atom stereocenters. The van der Waals surface area contributed by atoms with Crippen LogP contribution in [0.15, 0.2) is 0 Å². The first-order valence-electron chi connectivity index (χ1n) is 3.86. The highest BCUT2D eigenvalue weighted by molar-refractivity contribution is 5.81. The Morgan fingerprint density at radius 2 is 2.10 bits per heavy atom. The van der Waals surface area contributed by atoms with Gasteiger partial charge in [-0.3, -0.25) is 0 Å². The van der Waals surface area contributed by atoms with Crippen molar-refractivity contribution in [3.8, 4) is 0 Å². The highest BCUT2D eigenvalue weighted by Crippen LogP contribution is 1.98. The van der Waals surface area contributed by atoms with Gasteiger partial charge in [0.1, 0.15) is 0 Å². The van der Waals surface area contributed by atoms with Crippen LogP contribution < -0.4 is 0 Å².